The number of aliphatic hydroxyl groups excluding tert-OH is 2. The zero-order valence-corrected chi connectivity index (χ0v) is 15.8. The minimum absolute atomic E-state index is 0.263. The molecule has 146 valence electrons. The molecule has 0 bridgehead atoms. The lowest BCUT2D eigenvalue weighted by Crippen LogP contribution is -2.22. The number of allylic oxidation sites excluding steroid dienone is 8. The van der Waals surface area contributed by atoms with E-state index in [2.05, 4.69) is 12.2 Å². The fourth-order valence-corrected chi connectivity index (χ4v) is 2.14. The number of aliphatic carboxylic acids is 1. The van der Waals surface area contributed by atoms with Gasteiger partial charge in [0.05, 0.1) is 12.2 Å². The van der Waals surface area contributed by atoms with Crippen molar-refractivity contribution in [1.82, 2.24) is 0 Å². The van der Waals surface area contributed by atoms with Crippen LogP contribution in [0.25, 0.3) is 0 Å². The fraction of sp³-hybridized carbons (Fsp3) is 0.500. The van der Waals surface area contributed by atoms with Gasteiger partial charge >= 0.3 is 5.97 Å². The summed E-state index contributed by atoms with van der Waals surface area (Å²) in [5.74, 6) is -0.719. The third-order valence-corrected chi connectivity index (χ3v) is 3.65. The van der Waals surface area contributed by atoms with Gasteiger partial charge < -0.3 is 15.3 Å². The number of rotatable bonds is 15. The van der Waals surface area contributed by atoms with Gasteiger partial charge in [-0.15, -0.1) is 0 Å². The van der Waals surface area contributed by atoms with Crippen LogP contribution in [0.3, 0.4) is 0 Å². The quantitative estimate of drug-likeness (QED) is 0.224. The van der Waals surface area contributed by atoms with E-state index in [1.54, 1.807) is 12.2 Å². The summed E-state index contributed by atoms with van der Waals surface area (Å²) in [6.07, 6.45) is 23.7. The number of hydrogen-bond acceptors (Lipinski definition) is 3. The Hall–Kier alpha value is -1.91. The highest BCUT2D eigenvalue weighted by Gasteiger charge is 2.10. The highest BCUT2D eigenvalue weighted by molar-refractivity contribution is 5.66. The zero-order valence-electron chi connectivity index (χ0n) is 15.8. The van der Waals surface area contributed by atoms with E-state index in [1.807, 2.05) is 43.4 Å². The maximum Gasteiger partial charge on any atom is 0.303 e. The summed E-state index contributed by atoms with van der Waals surface area (Å²) in [4.78, 5) is 10.4. The summed E-state index contributed by atoms with van der Waals surface area (Å²) in [7, 11) is 0. The van der Waals surface area contributed by atoms with Gasteiger partial charge in [0.1, 0.15) is 0 Å². The maximum atomic E-state index is 10.4. The Labute approximate surface area is 157 Å². The third kappa shape index (κ3) is 16.9. The van der Waals surface area contributed by atoms with Crippen LogP contribution < -0.4 is 0 Å². The second kappa shape index (κ2) is 17.9. The average Bonchev–Trinajstić information content (AvgIpc) is 2.61. The Kier molecular flexibility index (Phi) is 16.6. The van der Waals surface area contributed by atoms with Crippen LogP contribution in [0.4, 0.5) is 0 Å². The Bertz CT molecular complexity index is 486. The van der Waals surface area contributed by atoms with E-state index in [4.69, 9.17) is 5.11 Å². The second-order valence-corrected chi connectivity index (χ2v) is 6.07. The molecule has 0 aromatic heterocycles. The molecule has 2 atom stereocenters. The van der Waals surface area contributed by atoms with Crippen LogP contribution in [0, 0.1) is 0 Å². The van der Waals surface area contributed by atoms with Crippen molar-refractivity contribution >= 4 is 5.97 Å². The molecular formula is C22H34O4. The SMILES string of the molecule is CC/C=C\C[C@H](O)[C@H](O)/C=C/C=C/C=C\C/C=C\CCCCCC(=O)O. The predicted octanol–water partition coefficient (Wildman–Crippen LogP) is 4.71. The zero-order chi connectivity index (χ0) is 19.5. The molecule has 0 radical (unpaired) electrons. The van der Waals surface area contributed by atoms with E-state index in [0.29, 0.717) is 6.42 Å². The number of carbonyl (C=O) groups is 1. The molecule has 0 fully saturated rings. The first-order valence-electron chi connectivity index (χ1n) is 9.45. The van der Waals surface area contributed by atoms with Gasteiger partial charge in [0.2, 0.25) is 0 Å². The molecule has 0 aliphatic carbocycles. The number of carboxylic acids is 1. The number of carboxylic acid groups (broad SMARTS) is 1. The van der Waals surface area contributed by atoms with E-state index < -0.39 is 18.2 Å². The molecule has 0 aliphatic heterocycles. The molecule has 0 rings (SSSR count). The van der Waals surface area contributed by atoms with Crippen LogP contribution >= 0.6 is 0 Å². The molecule has 4 nitrogen and oxygen atoms in total. The van der Waals surface area contributed by atoms with E-state index in [-0.39, 0.29) is 6.42 Å². The Balaban J connectivity index is 3.75. The lowest BCUT2D eigenvalue weighted by molar-refractivity contribution is -0.137. The average molecular weight is 363 g/mol. The lowest BCUT2D eigenvalue weighted by atomic mass is 10.1. The normalized spacial score (nSPS) is 15.2. The van der Waals surface area contributed by atoms with Crippen LogP contribution in [0.5, 0.6) is 0 Å². The molecule has 0 aromatic rings. The number of unbranched alkanes of at least 4 members (excludes halogenated alkanes) is 3. The standard InChI is InChI=1S/C22H34O4/c1-2-3-14-17-20(23)21(24)18-15-12-10-8-6-4-5-7-9-11-13-16-19-22(25)26/h3,5-8,10,12,14-15,18,20-21,23-24H,2,4,9,11,13,16-17,19H2,1H3,(H,25,26)/b7-5-,8-6-,12-10+,14-3-,18-15+/t20-,21+/m0/s1. The van der Waals surface area contributed by atoms with Crippen molar-refractivity contribution in [3.8, 4) is 0 Å². The van der Waals surface area contributed by atoms with E-state index in [9.17, 15) is 15.0 Å². The van der Waals surface area contributed by atoms with Gasteiger partial charge in [-0.1, -0.05) is 74.1 Å². The Morgan fingerprint density at radius 1 is 0.885 bits per heavy atom. The van der Waals surface area contributed by atoms with Gasteiger partial charge in [0.25, 0.3) is 0 Å². The molecule has 0 unspecified atom stereocenters. The Morgan fingerprint density at radius 2 is 1.65 bits per heavy atom. The van der Waals surface area contributed by atoms with Crippen LogP contribution in [-0.4, -0.2) is 33.5 Å². The van der Waals surface area contributed by atoms with Crippen LogP contribution in [0.15, 0.2) is 60.8 Å². The monoisotopic (exact) mass is 362 g/mol. The summed E-state index contributed by atoms with van der Waals surface area (Å²) < 4.78 is 0. The smallest absolute Gasteiger partial charge is 0.303 e. The van der Waals surface area contributed by atoms with Crippen molar-refractivity contribution < 1.29 is 20.1 Å². The van der Waals surface area contributed by atoms with Gasteiger partial charge in [0, 0.05) is 6.42 Å². The molecule has 4 heteroatoms. The number of aliphatic hydroxyl groups is 2. The van der Waals surface area contributed by atoms with Crippen LogP contribution in [0.2, 0.25) is 0 Å². The molecule has 3 N–H and O–H groups in total. The topological polar surface area (TPSA) is 77.8 Å². The maximum absolute atomic E-state index is 10.4. The van der Waals surface area contributed by atoms with E-state index in [0.717, 1.165) is 38.5 Å². The highest BCUT2D eigenvalue weighted by atomic mass is 16.4. The molecule has 26 heavy (non-hydrogen) atoms. The summed E-state index contributed by atoms with van der Waals surface area (Å²) in [6.45, 7) is 2.03. The molecule has 0 spiro atoms. The summed E-state index contributed by atoms with van der Waals surface area (Å²) in [5.41, 5.74) is 0. The third-order valence-electron chi connectivity index (χ3n) is 3.65. The minimum atomic E-state index is -0.858. The highest BCUT2D eigenvalue weighted by Crippen LogP contribution is 2.04. The molecule has 0 heterocycles. The first-order valence-corrected chi connectivity index (χ1v) is 9.45. The van der Waals surface area contributed by atoms with Gasteiger partial charge in [-0.2, -0.15) is 0 Å². The number of hydrogen-bond donors (Lipinski definition) is 3. The summed E-state index contributed by atoms with van der Waals surface area (Å²) in [5, 5.41) is 28.0. The molecule has 0 aromatic carbocycles. The van der Waals surface area contributed by atoms with Gasteiger partial charge in [-0.05, 0) is 38.5 Å². The molecule has 0 saturated heterocycles. The lowest BCUT2D eigenvalue weighted by Gasteiger charge is -2.11. The van der Waals surface area contributed by atoms with Crippen molar-refractivity contribution in [1.29, 1.82) is 0 Å². The van der Waals surface area contributed by atoms with Gasteiger partial charge in [-0.3, -0.25) is 4.79 Å². The molecular weight excluding hydrogens is 328 g/mol. The van der Waals surface area contributed by atoms with Crippen LogP contribution in [-0.2, 0) is 4.79 Å². The summed E-state index contributed by atoms with van der Waals surface area (Å²) in [6, 6.07) is 0. The minimum Gasteiger partial charge on any atom is -0.481 e. The van der Waals surface area contributed by atoms with Crippen molar-refractivity contribution in [2.45, 2.75) is 70.5 Å². The van der Waals surface area contributed by atoms with Gasteiger partial charge in [-0.25, -0.2) is 0 Å². The Morgan fingerprint density at radius 3 is 2.38 bits per heavy atom. The van der Waals surface area contributed by atoms with Crippen molar-refractivity contribution in [3.63, 3.8) is 0 Å². The first-order chi connectivity index (χ1) is 12.6. The molecule has 0 aliphatic rings. The van der Waals surface area contributed by atoms with Crippen molar-refractivity contribution in [2.75, 3.05) is 0 Å². The summed E-state index contributed by atoms with van der Waals surface area (Å²) >= 11 is 0. The second-order valence-electron chi connectivity index (χ2n) is 6.07. The largest absolute Gasteiger partial charge is 0.481 e. The van der Waals surface area contributed by atoms with E-state index in [1.165, 1.54) is 0 Å². The van der Waals surface area contributed by atoms with E-state index >= 15 is 0 Å². The molecule has 0 amide bonds. The first kappa shape index (κ1) is 24.1. The van der Waals surface area contributed by atoms with Gasteiger partial charge in [0.15, 0.2) is 0 Å². The van der Waals surface area contributed by atoms with Crippen LogP contribution in [0.1, 0.15) is 58.3 Å². The predicted molar refractivity (Wildman–Crippen MR) is 108 cm³/mol. The fourth-order valence-electron chi connectivity index (χ4n) is 2.14. The molecule has 0 saturated carbocycles. The van der Waals surface area contributed by atoms with Crippen molar-refractivity contribution in [2.24, 2.45) is 0 Å². The van der Waals surface area contributed by atoms with Crippen molar-refractivity contribution in [3.05, 3.63) is 60.8 Å².